The van der Waals surface area contributed by atoms with Crippen LogP contribution in [0.5, 0.6) is 0 Å². The average molecular weight is 447 g/mol. The van der Waals surface area contributed by atoms with E-state index in [1.54, 1.807) is 42.5 Å². The van der Waals surface area contributed by atoms with Crippen molar-refractivity contribution in [1.82, 2.24) is 9.29 Å². The minimum absolute atomic E-state index is 0.246. The molecule has 0 aliphatic carbocycles. The Morgan fingerprint density at radius 2 is 1.87 bits per heavy atom. The normalized spacial score (nSPS) is 15.5. The van der Waals surface area contributed by atoms with E-state index in [-0.39, 0.29) is 10.7 Å². The lowest BCUT2D eigenvalue weighted by Crippen LogP contribution is -2.40. The zero-order chi connectivity index (χ0) is 21.0. The molecule has 0 radical (unpaired) electrons. The van der Waals surface area contributed by atoms with Crippen molar-refractivity contribution in [2.24, 2.45) is 5.10 Å². The molecule has 0 spiro atoms. The van der Waals surface area contributed by atoms with E-state index in [1.807, 2.05) is 5.38 Å². The molecule has 1 aliphatic rings. The van der Waals surface area contributed by atoms with Crippen LogP contribution in [0.15, 0.2) is 63.9 Å². The van der Waals surface area contributed by atoms with Gasteiger partial charge in [-0.1, -0.05) is 30.3 Å². The summed E-state index contributed by atoms with van der Waals surface area (Å²) >= 11 is 1.35. The van der Waals surface area contributed by atoms with Gasteiger partial charge in [0.15, 0.2) is 0 Å². The number of benzene rings is 2. The van der Waals surface area contributed by atoms with Crippen LogP contribution >= 0.6 is 11.3 Å². The molecule has 2 aromatic carbocycles. The van der Waals surface area contributed by atoms with Crippen LogP contribution in [-0.4, -0.2) is 50.2 Å². The number of nitrogens with zero attached hydrogens (tertiary/aromatic N) is 3. The van der Waals surface area contributed by atoms with Crippen molar-refractivity contribution in [3.8, 4) is 11.3 Å². The van der Waals surface area contributed by atoms with Crippen LogP contribution in [0.2, 0.25) is 0 Å². The molecule has 1 N–H and O–H groups in total. The Hall–Kier alpha value is -2.66. The highest BCUT2D eigenvalue weighted by Gasteiger charge is 2.26. The maximum atomic E-state index is 13.6. The number of anilines is 1. The van der Waals surface area contributed by atoms with E-state index in [1.165, 1.54) is 27.9 Å². The fourth-order valence-corrected chi connectivity index (χ4v) is 5.00. The van der Waals surface area contributed by atoms with Gasteiger partial charge in [-0.3, -0.25) is 5.43 Å². The van der Waals surface area contributed by atoms with Gasteiger partial charge in [-0.2, -0.15) is 9.41 Å². The molecule has 156 valence electrons. The summed E-state index contributed by atoms with van der Waals surface area (Å²) in [6, 6.07) is 13.0. The molecular formula is C20H19FN4O3S2. The summed E-state index contributed by atoms with van der Waals surface area (Å²) in [6.07, 6.45) is 1.39. The van der Waals surface area contributed by atoms with Crippen molar-refractivity contribution in [3.63, 3.8) is 0 Å². The molecule has 1 aliphatic heterocycles. The van der Waals surface area contributed by atoms with Crippen molar-refractivity contribution in [1.29, 1.82) is 0 Å². The van der Waals surface area contributed by atoms with Crippen molar-refractivity contribution < 1.29 is 17.5 Å². The third kappa shape index (κ3) is 4.57. The molecule has 0 amide bonds. The fraction of sp³-hybridized carbons (Fsp3) is 0.200. The zero-order valence-electron chi connectivity index (χ0n) is 15.9. The standard InChI is InChI=1S/C20H19FN4O3S2/c21-18-4-2-1-3-16(18)13-22-24-20-23-19(14-29-20)15-5-7-17(8-6-15)30(26,27)25-9-11-28-12-10-25/h1-8,13-14H,9-12H2,(H,23,24)/b22-13-. The highest BCUT2D eigenvalue weighted by Crippen LogP contribution is 2.27. The lowest BCUT2D eigenvalue weighted by Gasteiger charge is -2.26. The first-order valence-corrected chi connectivity index (χ1v) is 11.5. The first-order chi connectivity index (χ1) is 14.5. The number of ether oxygens (including phenoxy) is 1. The third-order valence-electron chi connectivity index (χ3n) is 4.53. The maximum absolute atomic E-state index is 13.6. The Balaban J connectivity index is 1.44. The van der Waals surface area contributed by atoms with E-state index in [4.69, 9.17) is 4.74 Å². The topological polar surface area (TPSA) is 83.9 Å². The zero-order valence-corrected chi connectivity index (χ0v) is 17.5. The lowest BCUT2D eigenvalue weighted by molar-refractivity contribution is 0.0730. The first kappa shape index (κ1) is 20.6. The summed E-state index contributed by atoms with van der Waals surface area (Å²) in [5.74, 6) is -0.352. The highest BCUT2D eigenvalue weighted by atomic mass is 32.2. The molecule has 0 saturated carbocycles. The lowest BCUT2D eigenvalue weighted by atomic mass is 10.2. The first-order valence-electron chi connectivity index (χ1n) is 9.21. The number of nitrogens with one attached hydrogen (secondary N) is 1. The molecule has 1 saturated heterocycles. The predicted octanol–water partition coefficient (Wildman–Crippen LogP) is 3.42. The molecule has 0 bridgehead atoms. The van der Waals surface area contributed by atoms with E-state index in [9.17, 15) is 12.8 Å². The van der Waals surface area contributed by atoms with E-state index < -0.39 is 10.0 Å². The van der Waals surface area contributed by atoms with Gasteiger partial charge in [0.1, 0.15) is 5.82 Å². The van der Waals surface area contributed by atoms with E-state index >= 15 is 0 Å². The second-order valence-corrected chi connectivity index (χ2v) is 9.27. The predicted molar refractivity (Wildman–Crippen MR) is 115 cm³/mol. The Morgan fingerprint density at radius 3 is 2.60 bits per heavy atom. The SMILES string of the molecule is O=S(=O)(c1ccc(-c2csc(N/N=C\c3ccccc3F)n2)cc1)N1CCOCC1. The molecule has 4 rings (SSSR count). The maximum Gasteiger partial charge on any atom is 0.243 e. The Labute approximate surface area is 177 Å². The number of halogens is 1. The smallest absolute Gasteiger partial charge is 0.243 e. The second-order valence-electron chi connectivity index (χ2n) is 6.47. The van der Waals surface area contributed by atoms with Crippen LogP contribution in [-0.2, 0) is 14.8 Å². The summed E-state index contributed by atoms with van der Waals surface area (Å²) < 4.78 is 45.7. The van der Waals surface area contributed by atoms with Crippen LogP contribution in [0.1, 0.15) is 5.56 Å². The number of aromatic nitrogens is 1. The van der Waals surface area contributed by atoms with Gasteiger partial charge < -0.3 is 4.74 Å². The van der Waals surface area contributed by atoms with Gasteiger partial charge in [0, 0.05) is 29.6 Å². The van der Waals surface area contributed by atoms with Gasteiger partial charge in [0.25, 0.3) is 0 Å². The Kier molecular flexibility index (Phi) is 6.18. The minimum atomic E-state index is -3.52. The third-order valence-corrected chi connectivity index (χ3v) is 7.19. The van der Waals surface area contributed by atoms with Crippen LogP contribution in [0.25, 0.3) is 11.3 Å². The summed E-state index contributed by atoms with van der Waals surface area (Å²) in [6.45, 7) is 1.54. The second kappa shape index (κ2) is 9.00. The molecule has 0 atom stereocenters. The summed E-state index contributed by atoms with van der Waals surface area (Å²) in [5.41, 5.74) is 4.64. The summed E-state index contributed by atoms with van der Waals surface area (Å²) in [4.78, 5) is 4.69. The van der Waals surface area contributed by atoms with Crippen molar-refractivity contribution in [2.75, 3.05) is 31.7 Å². The van der Waals surface area contributed by atoms with Gasteiger partial charge in [-0.05, 0) is 18.2 Å². The van der Waals surface area contributed by atoms with Crippen molar-refractivity contribution >= 4 is 32.7 Å². The van der Waals surface area contributed by atoms with Gasteiger partial charge in [0.05, 0.1) is 30.0 Å². The van der Waals surface area contributed by atoms with E-state index in [0.717, 1.165) is 5.56 Å². The van der Waals surface area contributed by atoms with Crippen LogP contribution in [0.3, 0.4) is 0 Å². The van der Waals surface area contributed by atoms with Crippen LogP contribution < -0.4 is 5.43 Å². The number of sulfonamides is 1. The van der Waals surface area contributed by atoms with Crippen LogP contribution in [0, 0.1) is 5.82 Å². The van der Waals surface area contributed by atoms with Gasteiger partial charge in [-0.15, -0.1) is 11.3 Å². The summed E-state index contributed by atoms with van der Waals surface area (Å²) in [7, 11) is -3.52. The molecule has 2 heterocycles. The van der Waals surface area contributed by atoms with E-state index in [2.05, 4.69) is 15.5 Å². The monoisotopic (exact) mass is 446 g/mol. The van der Waals surface area contributed by atoms with E-state index in [0.29, 0.717) is 42.7 Å². The molecular weight excluding hydrogens is 427 g/mol. The summed E-state index contributed by atoms with van der Waals surface area (Å²) in [5, 5.41) is 6.40. The largest absolute Gasteiger partial charge is 0.379 e. The minimum Gasteiger partial charge on any atom is -0.379 e. The molecule has 3 aromatic rings. The number of hydrogen-bond donors (Lipinski definition) is 1. The number of hydrazone groups is 1. The van der Waals surface area contributed by atoms with Crippen molar-refractivity contribution in [2.45, 2.75) is 4.90 Å². The van der Waals surface area contributed by atoms with Crippen molar-refractivity contribution in [3.05, 3.63) is 65.3 Å². The van der Waals surface area contributed by atoms with Gasteiger partial charge >= 0.3 is 0 Å². The Bertz CT molecular complexity index is 1140. The molecule has 30 heavy (non-hydrogen) atoms. The molecule has 7 nitrogen and oxygen atoms in total. The highest BCUT2D eigenvalue weighted by molar-refractivity contribution is 7.89. The number of hydrogen-bond acceptors (Lipinski definition) is 7. The van der Waals surface area contributed by atoms with Crippen LogP contribution in [0.4, 0.5) is 9.52 Å². The average Bonchev–Trinajstić information content (AvgIpc) is 3.25. The van der Waals surface area contributed by atoms with Gasteiger partial charge in [-0.25, -0.2) is 17.8 Å². The number of thiazole rings is 1. The fourth-order valence-electron chi connectivity index (χ4n) is 2.93. The molecule has 1 aromatic heterocycles. The Morgan fingerprint density at radius 1 is 1.13 bits per heavy atom. The van der Waals surface area contributed by atoms with Gasteiger partial charge in [0.2, 0.25) is 15.2 Å². The number of morpholine rings is 1. The molecule has 0 unspecified atom stereocenters. The number of rotatable bonds is 6. The molecule has 1 fully saturated rings. The quantitative estimate of drug-likeness (QED) is 0.463. The molecule has 10 heteroatoms.